The van der Waals surface area contributed by atoms with Crippen molar-refractivity contribution >= 4 is 11.8 Å². The number of aryl methyl sites for hydroxylation is 1. The number of nitrogens with one attached hydrogen (secondary N) is 1. The van der Waals surface area contributed by atoms with Gasteiger partial charge in [-0.05, 0) is 50.3 Å². The van der Waals surface area contributed by atoms with Gasteiger partial charge in [-0.25, -0.2) is 0 Å². The van der Waals surface area contributed by atoms with Crippen molar-refractivity contribution in [2.45, 2.75) is 32.6 Å². The first kappa shape index (κ1) is 16.8. The normalized spacial score (nSPS) is 18.3. The van der Waals surface area contributed by atoms with E-state index < -0.39 is 0 Å². The van der Waals surface area contributed by atoms with Gasteiger partial charge < -0.3 is 15.0 Å². The Hall–Kier alpha value is -2.04. The first-order valence-corrected chi connectivity index (χ1v) is 8.89. The van der Waals surface area contributed by atoms with Crippen molar-refractivity contribution in [1.29, 1.82) is 0 Å². The van der Waals surface area contributed by atoms with Crippen molar-refractivity contribution in [1.82, 2.24) is 10.2 Å². The highest BCUT2D eigenvalue weighted by atomic mass is 16.5. The molecule has 0 radical (unpaired) electrons. The third-order valence-corrected chi connectivity index (χ3v) is 4.76. The number of hydrogen-bond donors (Lipinski definition) is 1. The summed E-state index contributed by atoms with van der Waals surface area (Å²) in [4.78, 5) is 26.2. The Bertz CT molecular complexity index is 590. The molecular weight excluding hydrogens is 304 g/mol. The van der Waals surface area contributed by atoms with Crippen molar-refractivity contribution in [2.24, 2.45) is 11.8 Å². The van der Waals surface area contributed by atoms with Crippen LogP contribution in [0.4, 0.5) is 0 Å². The molecule has 1 N–H and O–H groups in total. The average molecular weight is 330 g/mol. The van der Waals surface area contributed by atoms with E-state index in [0.29, 0.717) is 32.1 Å². The lowest BCUT2D eigenvalue weighted by Crippen LogP contribution is -2.44. The molecule has 5 heteroatoms. The standard InChI is InChI=1S/C19H26N2O3/c1-14-3-2-4-17(13-14)24-12-9-20-18(22)15-7-10-21(11-8-15)19(23)16-5-6-16/h2-4,13,15-16H,5-12H2,1H3,(H,20,22). The zero-order valence-corrected chi connectivity index (χ0v) is 14.3. The van der Waals surface area contributed by atoms with E-state index in [1.54, 1.807) is 0 Å². The minimum Gasteiger partial charge on any atom is -0.492 e. The molecule has 0 spiro atoms. The second-order valence-corrected chi connectivity index (χ2v) is 6.83. The Kier molecular flexibility index (Phi) is 5.38. The summed E-state index contributed by atoms with van der Waals surface area (Å²) in [6, 6.07) is 7.88. The smallest absolute Gasteiger partial charge is 0.225 e. The zero-order chi connectivity index (χ0) is 16.9. The fourth-order valence-corrected chi connectivity index (χ4v) is 3.14. The Labute approximate surface area is 143 Å². The van der Waals surface area contributed by atoms with Crippen LogP contribution in [0, 0.1) is 18.8 Å². The van der Waals surface area contributed by atoms with Crippen molar-refractivity contribution in [3.8, 4) is 5.75 Å². The monoisotopic (exact) mass is 330 g/mol. The SMILES string of the molecule is Cc1cccc(OCCNC(=O)C2CCN(C(=O)C3CC3)CC2)c1. The van der Waals surface area contributed by atoms with Crippen LogP contribution in [-0.4, -0.2) is 43.0 Å². The first-order chi connectivity index (χ1) is 11.6. The van der Waals surface area contributed by atoms with Gasteiger partial charge in [0.15, 0.2) is 0 Å². The minimum absolute atomic E-state index is 0.0206. The van der Waals surface area contributed by atoms with Gasteiger partial charge in [-0.3, -0.25) is 9.59 Å². The Morgan fingerprint density at radius 2 is 1.92 bits per heavy atom. The number of ether oxygens (including phenoxy) is 1. The number of amides is 2. The molecule has 1 saturated carbocycles. The summed E-state index contributed by atoms with van der Waals surface area (Å²) in [6.07, 6.45) is 3.62. The number of carbonyl (C=O) groups is 2. The molecule has 1 aromatic rings. The largest absolute Gasteiger partial charge is 0.492 e. The summed E-state index contributed by atoms with van der Waals surface area (Å²) in [5, 5.41) is 2.95. The third kappa shape index (κ3) is 4.49. The van der Waals surface area contributed by atoms with Crippen LogP contribution in [-0.2, 0) is 9.59 Å². The molecule has 5 nitrogen and oxygen atoms in total. The summed E-state index contributed by atoms with van der Waals surface area (Å²) in [5.74, 6) is 1.50. The number of nitrogens with zero attached hydrogens (tertiary/aromatic N) is 1. The fourth-order valence-electron chi connectivity index (χ4n) is 3.14. The summed E-state index contributed by atoms with van der Waals surface area (Å²) < 4.78 is 5.64. The minimum atomic E-state index is 0.0206. The predicted molar refractivity (Wildman–Crippen MR) is 91.7 cm³/mol. The van der Waals surface area contributed by atoms with Crippen molar-refractivity contribution < 1.29 is 14.3 Å². The van der Waals surface area contributed by atoms with Crippen molar-refractivity contribution in [3.05, 3.63) is 29.8 Å². The molecule has 1 aliphatic carbocycles. The molecular formula is C19H26N2O3. The quantitative estimate of drug-likeness (QED) is 0.813. The highest BCUT2D eigenvalue weighted by molar-refractivity contribution is 5.82. The summed E-state index contributed by atoms with van der Waals surface area (Å²) in [6.45, 7) is 4.43. The van der Waals surface area contributed by atoms with Gasteiger partial charge in [-0.1, -0.05) is 12.1 Å². The van der Waals surface area contributed by atoms with Gasteiger partial charge in [0.1, 0.15) is 12.4 Å². The molecule has 0 unspecified atom stereocenters. The van der Waals surface area contributed by atoms with E-state index in [1.807, 2.05) is 36.1 Å². The Morgan fingerprint density at radius 3 is 2.58 bits per heavy atom. The zero-order valence-electron chi connectivity index (χ0n) is 14.3. The molecule has 0 atom stereocenters. The van der Waals surface area contributed by atoms with Gasteiger partial charge in [-0.15, -0.1) is 0 Å². The fraction of sp³-hybridized carbons (Fsp3) is 0.579. The van der Waals surface area contributed by atoms with Crippen LogP contribution in [0.5, 0.6) is 5.75 Å². The summed E-state index contributed by atoms with van der Waals surface area (Å²) in [5.41, 5.74) is 1.16. The summed E-state index contributed by atoms with van der Waals surface area (Å²) >= 11 is 0. The number of carbonyl (C=O) groups excluding carboxylic acids is 2. The van der Waals surface area contributed by atoms with Gasteiger partial charge in [-0.2, -0.15) is 0 Å². The second kappa shape index (κ2) is 7.69. The van der Waals surface area contributed by atoms with Crippen molar-refractivity contribution in [3.63, 3.8) is 0 Å². The summed E-state index contributed by atoms with van der Waals surface area (Å²) in [7, 11) is 0. The average Bonchev–Trinajstić information content (AvgIpc) is 3.43. The topological polar surface area (TPSA) is 58.6 Å². The number of rotatable bonds is 6. The van der Waals surface area contributed by atoms with E-state index in [4.69, 9.17) is 4.74 Å². The molecule has 24 heavy (non-hydrogen) atoms. The lowest BCUT2D eigenvalue weighted by Gasteiger charge is -2.31. The molecule has 2 amide bonds. The molecule has 3 rings (SSSR count). The second-order valence-electron chi connectivity index (χ2n) is 6.83. The number of piperidine rings is 1. The molecule has 1 aliphatic heterocycles. The van der Waals surface area contributed by atoms with E-state index >= 15 is 0 Å². The maximum Gasteiger partial charge on any atom is 0.225 e. The van der Waals surface area contributed by atoms with Crippen molar-refractivity contribution in [2.75, 3.05) is 26.2 Å². The number of benzene rings is 1. The lowest BCUT2D eigenvalue weighted by molar-refractivity contribution is -0.136. The van der Waals surface area contributed by atoms with E-state index in [-0.39, 0.29) is 17.7 Å². The number of hydrogen-bond acceptors (Lipinski definition) is 3. The predicted octanol–water partition coefficient (Wildman–Crippen LogP) is 2.14. The van der Waals surface area contributed by atoms with Gasteiger partial charge in [0.25, 0.3) is 0 Å². The van der Waals surface area contributed by atoms with E-state index in [1.165, 1.54) is 0 Å². The molecule has 0 aromatic heterocycles. The van der Waals surface area contributed by atoms with E-state index in [2.05, 4.69) is 5.32 Å². The lowest BCUT2D eigenvalue weighted by atomic mass is 9.95. The van der Waals surface area contributed by atoms with Gasteiger partial charge in [0.05, 0.1) is 6.54 Å². The van der Waals surface area contributed by atoms with Crippen LogP contribution in [0.15, 0.2) is 24.3 Å². The highest BCUT2D eigenvalue weighted by Crippen LogP contribution is 2.32. The van der Waals surface area contributed by atoms with E-state index in [0.717, 1.165) is 37.0 Å². The maximum atomic E-state index is 12.2. The molecule has 0 bridgehead atoms. The van der Waals surface area contributed by atoms with Crippen LogP contribution in [0.1, 0.15) is 31.2 Å². The Balaban J connectivity index is 1.33. The molecule has 1 aromatic carbocycles. The van der Waals surface area contributed by atoms with Crippen LogP contribution >= 0.6 is 0 Å². The Morgan fingerprint density at radius 1 is 1.17 bits per heavy atom. The third-order valence-electron chi connectivity index (χ3n) is 4.76. The molecule has 2 fully saturated rings. The number of likely N-dealkylation sites (tertiary alicyclic amines) is 1. The molecule has 1 saturated heterocycles. The van der Waals surface area contributed by atoms with Crippen LogP contribution in [0.3, 0.4) is 0 Å². The first-order valence-electron chi connectivity index (χ1n) is 8.89. The molecule has 1 heterocycles. The van der Waals surface area contributed by atoms with Gasteiger partial charge >= 0.3 is 0 Å². The van der Waals surface area contributed by atoms with Crippen LogP contribution < -0.4 is 10.1 Å². The molecule has 130 valence electrons. The van der Waals surface area contributed by atoms with E-state index in [9.17, 15) is 9.59 Å². The molecule has 2 aliphatic rings. The van der Waals surface area contributed by atoms with Crippen LogP contribution in [0.2, 0.25) is 0 Å². The van der Waals surface area contributed by atoms with Gasteiger partial charge in [0.2, 0.25) is 11.8 Å². The highest BCUT2D eigenvalue weighted by Gasteiger charge is 2.35. The van der Waals surface area contributed by atoms with Crippen LogP contribution in [0.25, 0.3) is 0 Å². The maximum absolute atomic E-state index is 12.2. The van der Waals surface area contributed by atoms with Gasteiger partial charge in [0, 0.05) is 24.9 Å².